The van der Waals surface area contributed by atoms with Crippen LogP contribution in [-0.4, -0.2) is 10.5 Å². The van der Waals surface area contributed by atoms with Crippen LogP contribution in [0.1, 0.15) is 16.7 Å². The van der Waals surface area contributed by atoms with Gasteiger partial charge in [-0.1, -0.05) is 24.3 Å². The van der Waals surface area contributed by atoms with Crippen molar-refractivity contribution < 1.29 is 9.21 Å². The highest BCUT2D eigenvalue weighted by Crippen LogP contribution is 2.20. The molecule has 0 fully saturated rings. The van der Waals surface area contributed by atoms with E-state index in [0.29, 0.717) is 11.1 Å². The monoisotopic (exact) mass is 310 g/mol. The Morgan fingerprint density at radius 2 is 1.87 bits per heavy atom. The van der Waals surface area contributed by atoms with E-state index < -0.39 is 5.76 Å². The number of oxazole rings is 1. The number of fused-ring (bicyclic) bond motifs is 1. The number of nitrogens with one attached hydrogen (secondary N) is 1. The van der Waals surface area contributed by atoms with Gasteiger partial charge in [-0.3, -0.25) is 9.36 Å². The lowest BCUT2D eigenvalue weighted by molar-refractivity contribution is -0.115. The van der Waals surface area contributed by atoms with E-state index in [-0.39, 0.29) is 12.3 Å². The van der Waals surface area contributed by atoms with Crippen molar-refractivity contribution in [2.45, 2.75) is 20.3 Å². The highest BCUT2D eigenvalue weighted by molar-refractivity contribution is 5.94. The third-order valence-electron chi connectivity index (χ3n) is 3.97. The van der Waals surface area contributed by atoms with Crippen molar-refractivity contribution in [1.29, 1.82) is 0 Å². The fraction of sp³-hybridized carbons (Fsp3) is 0.222. The molecule has 0 saturated heterocycles. The van der Waals surface area contributed by atoms with E-state index in [2.05, 4.69) is 5.32 Å². The van der Waals surface area contributed by atoms with Crippen LogP contribution in [0.15, 0.2) is 45.6 Å². The van der Waals surface area contributed by atoms with Crippen LogP contribution in [0.5, 0.6) is 0 Å². The van der Waals surface area contributed by atoms with Crippen LogP contribution in [0, 0.1) is 13.8 Å². The molecule has 0 radical (unpaired) electrons. The maximum absolute atomic E-state index is 12.3. The maximum Gasteiger partial charge on any atom is 0.419 e. The summed E-state index contributed by atoms with van der Waals surface area (Å²) in [5.74, 6) is -0.493. The van der Waals surface area contributed by atoms with Gasteiger partial charge in [-0.15, -0.1) is 0 Å². The molecule has 0 unspecified atom stereocenters. The van der Waals surface area contributed by atoms with Crippen molar-refractivity contribution in [3.8, 4) is 0 Å². The Bertz CT molecular complexity index is 930. The molecule has 0 spiro atoms. The first-order chi connectivity index (χ1) is 11.0. The molecule has 1 aromatic heterocycles. The van der Waals surface area contributed by atoms with E-state index in [9.17, 15) is 9.59 Å². The molecular formula is C18H18N2O3. The number of hydrogen-bond donors (Lipinski definition) is 1. The fourth-order valence-electron chi connectivity index (χ4n) is 2.66. The van der Waals surface area contributed by atoms with Crippen molar-refractivity contribution in [2.75, 3.05) is 5.32 Å². The van der Waals surface area contributed by atoms with Gasteiger partial charge in [0.15, 0.2) is 5.58 Å². The third-order valence-corrected chi connectivity index (χ3v) is 3.97. The molecule has 1 N–H and O–H groups in total. The first-order valence-electron chi connectivity index (χ1n) is 7.40. The number of aryl methyl sites for hydroxylation is 3. The second kappa shape index (κ2) is 5.76. The van der Waals surface area contributed by atoms with Crippen LogP contribution in [0.3, 0.4) is 0 Å². The molecule has 118 valence electrons. The van der Waals surface area contributed by atoms with E-state index in [1.165, 1.54) is 4.57 Å². The third kappa shape index (κ3) is 2.90. The standard InChI is InChI=1S/C18H18N2O3/c1-11-5-4-6-12(2)17(11)19-16(21)10-13-7-8-15-14(9-13)20(3)18(22)23-15/h4-9H,10H2,1-3H3,(H,19,21). The van der Waals surface area contributed by atoms with E-state index in [1.807, 2.05) is 38.1 Å². The van der Waals surface area contributed by atoms with Crippen LogP contribution in [0.4, 0.5) is 5.69 Å². The van der Waals surface area contributed by atoms with Gasteiger partial charge < -0.3 is 9.73 Å². The Morgan fingerprint density at radius 1 is 1.17 bits per heavy atom. The molecule has 5 nitrogen and oxygen atoms in total. The summed E-state index contributed by atoms with van der Waals surface area (Å²) >= 11 is 0. The minimum Gasteiger partial charge on any atom is -0.408 e. The molecule has 3 aromatic rings. The smallest absolute Gasteiger partial charge is 0.408 e. The molecule has 0 atom stereocenters. The van der Waals surface area contributed by atoms with Gasteiger partial charge in [0.2, 0.25) is 5.91 Å². The minimum absolute atomic E-state index is 0.0877. The van der Waals surface area contributed by atoms with Crippen LogP contribution in [0.25, 0.3) is 11.1 Å². The van der Waals surface area contributed by atoms with E-state index >= 15 is 0 Å². The molecule has 5 heteroatoms. The quantitative estimate of drug-likeness (QED) is 0.809. The minimum atomic E-state index is -0.405. The number of amides is 1. The molecule has 0 aliphatic rings. The lowest BCUT2D eigenvalue weighted by Gasteiger charge is -2.11. The first-order valence-corrected chi connectivity index (χ1v) is 7.40. The Labute approximate surface area is 133 Å². The molecule has 0 saturated carbocycles. The van der Waals surface area contributed by atoms with Gasteiger partial charge in [-0.2, -0.15) is 0 Å². The zero-order valence-corrected chi connectivity index (χ0v) is 13.3. The van der Waals surface area contributed by atoms with Crippen molar-refractivity contribution in [3.63, 3.8) is 0 Å². The summed E-state index contributed by atoms with van der Waals surface area (Å²) in [6.45, 7) is 3.94. The number of anilines is 1. The van der Waals surface area contributed by atoms with Gasteiger partial charge in [0.1, 0.15) is 0 Å². The largest absolute Gasteiger partial charge is 0.419 e. The van der Waals surface area contributed by atoms with Crippen molar-refractivity contribution in [2.24, 2.45) is 7.05 Å². The highest BCUT2D eigenvalue weighted by atomic mass is 16.4. The second-order valence-electron chi connectivity index (χ2n) is 5.72. The van der Waals surface area contributed by atoms with Crippen LogP contribution < -0.4 is 11.1 Å². The van der Waals surface area contributed by atoms with Gasteiger partial charge in [0.25, 0.3) is 0 Å². The Morgan fingerprint density at radius 3 is 2.57 bits per heavy atom. The van der Waals surface area contributed by atoms with Crippen molar-refractivity contribution in [3.05, 3.63) is 63.6 Å². The maximum atomic E-state index is 12.3. The summed E-state index contributed by atoms with van der Waals surface area (Å²) in [6, 6.07) is 11.2. The molecule has 0 bridgehead atoms. The number of carbonyl (C=O) groups is 1. The summed E-state index contributed by atoms with van der Waals surface area (Å²) in [6.07, 6.45) is 0.239. The van der Waals surface area contributed by atoms with Gasteiger partial charge in [-0.25, -0.2) is 4.79 Å². The van der Waals surface area contributed by atoms with Crippen molar-refractivity contribution >= 4 is 22.7 Å². The molecular weight excluding hydrogens is 292 g/mol. The van der Waals surface area contributed by atoms with E-state index in [4.69, 9.17) is 4.42 Å². The SMILES string of the molecule is Cc1cccc(C)c1NC(=O)Cc1ccc2oc(=O)n(C)c2c1. The van der Waals surface area contributed by atoms with E-state index in [0.717, 1.165) is 22.4 Å². The summed E-state index contributed by atoms with van der Waals surface area (Å²) in [5.41, 5.74) is 4.97. The Balaban J connectivity index is 1.83. The second-order valence-corrected chi connectivity index (χ2v) is 5.72. The molecule has 23 heavy (non-hydrogen) atoms. The number of hydrogen-bond acceptors (Lipinski definition) is 3. The zero-order valence-electron chi connectivity index (χ0n) is 13.3. The number of carbonyl (C=O) groups excluding carboxylic acids is 1. The number of rotatable bonds is 3. The average Bonchev–Trinajstić information content (AvgIpc) is 2.78. The molecule has 1 heterocycles. The number of benzene rings is 2. The number of aromatic nitrogens is 1. The highest BCUT2D eigenvalue weighted by Gasteiger charge is 2.11. The normalized spacial score (nSPS) is 10.9. The molecule has 2 aromatic carbocycles. The zero-order chi connectivity index (χ0) is 16.6. The summed E-state index contributed by atoms with van der Waals surface area (Å²) in [5, 5.41) is 2.96. The van der Waals surface area contributed by atoms with Crippen LogP contribution >= 0.6 is 0 Å². The van der Waals surface area contributed by atoms with Crippen LogP contribution in [0.2, 0.25) is 0 Å². The number of para-hydroxylation sites is 1. The predicted molar refractivity (Wildman–Crippen MR) is 89.7 cm³/mol. The summed E-state index contributed by atoms with van der Waals surface area (Å²) in [7, 11) is 1.65. The lowest BCUT2D eigenvalue weighted by atomic mass is 10.1. The predicted octanol–water partition coefficient (Wildman–Crippen LogP) is 2.93. The average molecular weight is 310 g/mol. The Kier molecular flexibility index (Phi) is 3.78. The molecule has 1 amide bonds. The summed E-state index contributed by atoms with van der Waals surface area (Å²) < 4.78 is 6.53. The van der Waals surface area contributed by atoms with Crippen molar-refractivity contribution in [1.82, 2.24) is 4.57 Å². The molecule has 3 rings (SSSR count). The van der Waals surface area contributed by atoms with Gasteiger partial charge in [0.05, 0.1) is 11.9 Å². The Hall–Kier alpha value is -2.82. The lowest BCUT2D eigenvalue weighted by Crippen LogP contribution is -2.16. The van der Waals surface area contributed by atoms with Crippen LogP contribution in [-0.2, 0) is 18.3 Å². The van der Waals surface area contributed by atoms with Gasteiger partial charge in [-0.05, 0) is 42.7 Å². The first kappa shape index (κ1) is 15.1. The fourth-order valence-corrected chi connectivity index (χ4v) is 2.66. The topological polar surface area (TPSA) is 64.2 Å². The van der Waals surface area contributed by atoms with E-state index in [1.54, 1.807) is 19.2 Å². The van der Waals surface area contributed by atoms with Gasteiger partial charge >= 0.3 is 5.76 Å². The molecule has 0 aliphatic heterocycles. The van der Waals surface area contributed by atoms with Gasteiger partial charge in [0, 0.05) is 12.7 Å². The molecule has 0 aliphatic carbocycles. The number of nitrogens with zero attached hydrogens (tertiary/aromatic N) is 1. The summed E-state index contributed by atoms with van der Waals surface area (Å²) in [4.78, 5) is 23.8.